The number of phenols is 1. The van der Waals surface area contributed by atoms with Crippen molar-refractivity contribution in [1.29, 1.82) is 0 Å². The van der Waals surface area contributed by atoms with Crippen LogP contribution in [0.1, 0.15) is 40.5 Å². The molecule has 0 spiro atoms. The van der Waals surface area contributed by atoms with E-state index >= 15 is 0 Å². The van der Waals surface area contributed by atoms with Crippen LogP contribution < -0.4 is 10.2 Å². The molecule has 1 saturated heterocycles. The van der Waals surface area contributed by atoms with E-state index in [9.17, 15) is 5.11 Å². The van der Waals surface area contributed by atoms with E-state index in [2.05, 4.69) is 63.3 Å². The van der Waals surface area contributed by atoms with Crippen LogP contribution in [0.2, 0.25) is 0 Å². The van der Waals surface area contributed by atoms with E-state index in [-0.39, 0.29) is 41.6 Å². The summed E-state index contributed by atoms with van der Waals surface area (Å²) in [5.74, 6) is 0.732. The number of rotatable bonds is 4. The van der Waals surface area contributed by atoms with Gasteiger partial charge in [-0.25, -0.2) is 4.98 Å². The van der Waals surface area contributed by atoms with Crippen molar-refractivity contribution in [2.45, 2.75) is 57.7 Å². The monoisotopic (exact) mass is 529 g/mol. The molecule has 192 valence electrons. The van der Waals surface area contributed by atoms with Gasteiger partial charge in [-0.3, -0.25) is 5.10 Å². The molecule has 1 fully saturated rings. The molecule has 0 atom stereocenters. The van der Waals surface area contributed by atoms with E-state index in [1.807, 2.05) is 37.4 Å². The van der Waals surface area contributed by atoms with Crippen LogP contribution in [0.5, 0.6) is 5.75 Å². The maximum atomic E-state index is 10.7. The Morgan fingerprint density at radius 2 is 1.58 bits per heavy atom. The highest BCUT2D eigenvalue weighted by Crippen LogP contribution is 2.34. The first-order valence-electron chi connectivity index (χ1n) is 11.6. The van der Waals surface area contributed by atoms with E-state index in [1.54, 1.807) is 18.5 Å². The van der Waals surface area contributed by atoms with Gasteiger partial charge >= 0.3 is 0 Å². The molecule has 4 aromatic rings. The number of benzene rings is 2. The first kappa shape index (κ1) is 27.6. The molecule has 36 heavy (non-hydrogen) atoms. The van der Waals surface area contributed by atoms with Crippen LogP contribution in [0.15, 0.2) is 48.8 Å². The zero-order chi connectivity index (χ0) is 24.1. The minimum atomic E-state index is 0. The van der Waals surface area contributed by atoms with Gasteiger partial charge in [-0.05, 0) is 75.9 Å². The minimum Gasteiger partial charge on any atom is -0.507 e. The number of halogens is 2. The van der Waals surface area contributed by atoms with E-state index in [4.69, 9.17) is 0 Å². The molecule has 0 unspecified atom stereocenters. The summed E-state index contributed by atoms with van der Waals surface area (Å²) >= 11 is 0. The Kier molecular flexibility index (Phi) is 7.83. The lowest BCUT2D eigenvalue weighted by atomic mass is 9.79. The molecule has 1 aliphatic heterocycles. The van der Waals surface area contributed by atoms with E-state index in [0.717, 1.165) is 34.9 Å². The molecule has 1 aliphatic rings. The summed E-state index contributed by atoms with van der Waals surface area (Å²) in [5.41, 5.74) is 4.10. The van der Waals surface area contributed by atoms with Crippen molar-refractivity contribution in [2.24, 2.45) is 0 Å². The van der Waals surface area contributed by atoms with Gasteiger partial charge in [-0.15, -0.1) is 35.0 Å². The number of piperidine rings is 1. The standard InChI is InChI=1S/C26H31N7O.2ClH/c1-25(2)12-19(13-26(3,4)32-25)33(5)24-27-15-22(30-31-24)20-8-6-17(11-23(20)34)16-7-9-21-18(10-16)14-28-29-21;;/h6-11,14-15,19,32,34H,12-13H2,1-5H3,(H,28,29);2*1H. The SMILES string of the molecule is CN(c1ncc(-c2ccc(-c3ccc4[nH]ncc4c3)cc2O)nn1)C1CC(C)(C)NC(C)(C)C1.Cl.Cl. The van der Waals surface area contributed by atoms with Crippen molar-refractivity contribution in [1.82, 2.24) is 30.7 Å². The topological polar surface area (TPSA) is 103 Å². The molecule has 0 saturated carbocycles. The highest BCUT2D eigenvalue weighted by Gasteiger charge is 2.39. The number of phenolic OH excluding ortho intramolecular Hbond substituents is 1. The van der Waals surface area contributed by atoms with Crippen molar-refractivity contribution in [3.05, 3.63) is 48.8 Å². The van der Waals surface area contributed by atoms with Crippen LogP contribution in [0.25, 0.3) is 33.3 Å². The second-order valence-corrected chi connectivity index (χ2v) is 10.6. The second kappa shape index (κ2) is 10.2. The van der Waals surface area contributed by atoms with Crippen LogP contribution in [0.4, 0.5) is 5.95 Å². The number of H-pyrrole nitrogens is 1. The number of aromatic hydroxyl groups is 1. The Morgan fingerprint density at radius 3 is 2.22 bits per heavy atom. The number of nitrogens with one attached hydrogen (secondary N) is 2. The van der Waals surface area contributed by atoms with E-state index in [1.165, 1.54) is 0 Å². The first-order chi connectivity index (χ1) is 16.1. The summed E-state index contributed by atoms with van der Waals surface area (Å²) in [5, 5.41) is 31.3. The molecule has 5 rings (SSSR count). The minimum absolute atomic E-state index is 0. The Labute approximate surface area is 223 Å². The number of hydrogen-bond donors (Lipinski definition) is 3. The Morgan fingerprint density at radius 1 is 0.917 bits per heavy atom. The lowest BCUT2D eigenvalue weighted by Gasteiger charge is -2.48. The van der Waals surface area contributed by atoms with Crippen molar-refractivity contribution >= 4 is 41.7 Å². The fourth-order valence-electron chi connectivity index (χ4n) is 5.31. The zero-order valence-corrected chi connectivity index (χ0v) is 22.7. The first-order valence-corrected chi connectivity index (χ1v) is 11.6. The highest BCUT2D eigenvalue weighted by atomic mass is 35.5. The van der Waals surface area contributed by atoms with Gasteiger partial charge in [0.2, 0.25) is 5.95 Å². The second-order valence-electron chi connectivity index (χ2n) is 10.6. The molecule has 0 bridgehead atoms. The number of nitrogens with zero attached hydrogens (tertiary/aromatic N) is 5. The molecular formula is C26H33Cl2N7O. The van der Waals surface area contributed by atoms with E-state index in [0.29, 0.717) is 23.2 Å². The van der Waals surface area contributed by atoms with Crippen LogP contribution in [0, 0.1) is 0 Å². The number of fused-ring (bicyclic) bond motifs is 1. The molecule has 10 heteroatoms. The van der Waals surface area contributed by atoms with Crippen LogP contribution in [-0.2, 0) is 0 Å². The zero-order valence-electron chi connectivity index (χ0n) is 21.1. The summed E-state index contributed by atoms with van der Waals surface area (Å²) in [4.78, 5) is 6.71. The van der Waals surface area contributed by atoms with Crippen molar-refractivity contribution in [3.8, 4) is 28.1 Å². The van der Waals surface area contributed by atoms with Gasteiger partial charge in [0.25, 0.3) is 0 Å². The van der Waals surface area contributed by atoms with Gasteiger partial charge in [0.05, 0.1) is 17.9 Å². The summed E-state index contributed by atoms with van der Waals surface area (Å²) < 4.78 is 0. The lowest BCUT2D eigenvalue weighted by molar-refractivity contribution is 0.160. The quantitative estimate of drug-likeness (QED) is 0.326. The summed E-state index contributed by atoms with van der Waals surface area (Å²) in [6.45, 7) is 8.93. The smallest absolute Gasteiger partial charge is 0.245 e. The Bertz CT molecular complexity index is 1320. The number of aromatic nitrogens is 5. The summed E-state index contributed by atoms with van der Waals surface area (Å²) in [7, 11) is 2.03. The van der Waals surface area contributed by atoms with Crippen molar-refractivity contribution < 1.29 is 5.11 Å². The van der Waals surface area contributed by atoms with Crippen LogP contribution in [0.3, 0.4) is 0 Å². The van der Waals surface area contributed by atoms with Crippen molar-refractivity contribution in [2.75, 3.05) is 11.9 Å². The molecule has 8 nitrogen and oxygen atoms in total. The Hall–Kier alpha value is -2.94. The fraction of sp³-hybridized carbons (Fsp3) is 0.385. The predicted octanol–water partition coefficient (Wildman–Crippen LogP) is 5.38. The number of hydrogen-bond acceptors (Lipinski definition) is 7. The van der Waals surface area contributed by atoms with E-state index < -0.39 is 0 Å². The molecule has 0 radical (unpaired) electrons. The van der Waals surface area contributed by atoms with Crippen LogP contribution >= 0.6 is 24.8 Å². The van der Waals surface area contributed by atoms with Gasteiger partial charge in [0, 0.05) is 35.1 Å². The molecule has 3 heterocycles. The number of anilines is 1. The normalized spacial score (nSPS) is 16.7. The van der Waals surface area contributed by atoms with Gasteiger partial charge in [-0.1, -0.05) is 12.1 Å². The molecular weight excluding hydrogens is 497 g/mol. The van der Waals surface area contributed by atoms with Gasteiger partial charge in [-0.2, -0.15) is 5.10 Å². The third kappa shape index (κ3) is 5.56. The lowest BCUT2D eigenvalue weighted by Crippen LogP contribution is -2.62. The average molecular weight is 531 g/mol. The average Bonchev–Trinajstić information content (AvgIpc) is 3.24. The van der Waals surface area contributed by atoms with Crippen molar-refractivity contribution in [3.63, 3.8) is 0 Å². The molecule has 3 N–H and O–H groups in total. The third-order valence-electron chi connectivity index (χ3n) is 6.63. The molecule has 0 aliphatic carbocycles. The fourth-order valence-corrected chi connectivity index (χ4v) is 5.31. The number of aromatic amines is 1. The summed E-state index contributed by atoms with van der Waals surface area (Å²) in [6.07, 6.45) is 5.46. The van der Waals surface area contributed by atoms with Gasteiger partial charge in [0.1, 0.15) is 11.4 Å². The molecule has 2 aromatic carbocycles. The van der Waals surface area contributed by atoms with Crippen LogP contribution in [-0.4, -0.2) is 54.7 Å². The molecule has 2 aromatic heterocycles. The maximum Gasteiger partial charge on any atom is 0.245 e. The summed E-state index contributed by atoms with van der Waals surface area (Å²) in [6, 6.07) is 11.9. The van der Waals surface area contributed by atoms with Gasteiger partial charge in [0.15, 0.2) is 0 Å². The predicted molar refractivity (Wildman–Crippen MR) is 149 cm³/mol. The third-order valence-corrected chi connectivity index (χ3v) is 6.63. The highest BCUT2D eigenvalue weighted by molar-refractivity contribution is 5.86. The van der Waals surface area contributed by atoms with Gasteiger partial charge < -0.3 is 15.3 Å². The molecule has 0 amide bonds. The maximum absolute atomic E-state index is 10.7. The largest absolute Gasteiger partial charge is 0.507 e. The Balaban J connectivity index is 0.00000180.